The monoisotopic (exact) mass is 670 g/mol. The number of benzene rings is 3. The van der Waals surface area contributed by atoms with Gasteiger partial charge < -0.3 is 20.1 Å². The number of anilines is 2. The fourth-order valence-electron chi connectivity index (χ4n) is 7.96. The van der Waals surface area contributed by atoms with Gasteiger partial charge in [-0.25, -0.2) is 9.59 Å². The number of aromatic hydroxyl groups is 1. The van der Waals surface area contributed by atoms with Crippen molar-refractivity contribution in [3.63, 3.8) is 0 Å². The summed E-state index contributed by atoms with van der Waals surface area (Å²) >= 11 is 6.41. The summed E-state index contributed by atoms with van der Waals surface area (Å²) in [5, 5.41) is 29.5. The maximum Gasteiger partial charge on any atom is 0.335 e. The normalized spacial score (nSPS) is 26.2. The minimum absolute atomic E-state index is 0.0323. The Bertz CT molecular complexity index is 2010. The number of fused-ring (bicyclic) bond motifs is 4. The summed E-state index contributed by atoms with van der Waals surface area (Å²) in [7, 11) is 1.34. The van der Waals surface area contributed by atoms with E-state index in [9.17, 15) is 44.1 Å². The fraction of sp³-hybridized carbons (Fsp3) is 0.257. The van der Waals surface area contributed by atoms with Gasteiger partial charge in [-0.3, -0.25) is 29.0 Å². The van der Waals surface area contributed by atoms with Crippen LogP contribution in [0.1, 0.15) is 45.0 Å². The molecular weight excluding hydrogens is 644 g/mol. The number of amides is 4. The average molecular weight is 671 g/mol. The van der Waals surface area contributed by atoms with Gasteiger partial charge in [0.2, 0.25) is 23.6 Å². The summed E-state index contributed by atoms with van der Waals surface area (Å²) in [5.74, 6) is -10.0. The van der Waals surface area contributed by atoms with Crippen molar-refractivity contribution in [1.82, 2.24) is 0 Å². The standard InChI is InChI=1S/C35H27ClN2O10/c1-48-25-13-17(12-24(36)29(25)39)26-20-8-9-21-27(32(42)37(30(21)40)18-6-2-4-15(10-18)34(44)45)22(20)14-23-28(26)33(43)38(31(23)41)19-7-3-5-16(11-19)35(46)47/h2-8,10-13,21-23,26-28,39H,9,14H2,1H3,(H,44,45)(H,46,47)/t21-,22+,23+,26-,27-,28+/m0/s1. The molecule has 2 saturated heterocycles. The molecule has 0 unspecified atom stereocenters. The molecule has 0 aromatic heterocycles. The molecule has 1 saturated carbocycles. The van der Waals surface area contributed by atoms with Crippen molar-refractivity contribution < 1.29 is 48.8 Å². The molecule has 12 nitrogen and oxygen atoms in total. The maximum atomic E-state index is 14.3. The number of hydrogen-bond donors (Lipinski definition) is 3. The number of carbonyl (C=O) groups is 6. The highest BCUT2D eigenvalue weighted by Gasteiger charge is 2.62. The molecule has 2 aliphatic heterocycles. The predicted octanol–water partition coefficient (Wildman–Crippen LogP) is 4.50. The third kappa shape index (κ3) is 4.58. The lowest BCUT2D eigenvalue weighted by molar-refractivity contribution is -0.126. The maximum absolute atomic E-state index is 14.3. The number of phenolic OH excluding ortho intramolecular Hbond substituents is 1. The van der Waals surface area contributed by atoms with Crippen molar-refractivity contribution in [3.05, 3.63) is 94.0 Å². The highest BCUT2D eigenvalue weighted by atomic mass is 35.5. The molecule has 0 spiro atoms. The number of phenols is 1. The first-order valence-corrected chi connectivity index (χ1v) is 15.5. The van der Waals surface area contributed by atoms with Crippen molar-refractivity contribution in [3.8, 4) is 11.5 Å². The zero-order chi connectivity index (χ0) is 34.2. The number of nitrogens with zero attached hydrogens (tertiary/aromatic N) is 2. The molecule has 3 N–H and O–H groups in total. The van der Waals surface area contributed by atoms with Crippen LogP contribution in [-0.4, -0.2) is 58.0 Å². The quantitative estimate of drug-likeness (QED) is 0.250. The molecule has 6 atom stereocenters. The summed E-state index contributed by atoms with van der Waals surface area (Å²) in [6, 6.07) is 14.1. The van der Waals surface area contributed by atoms with Crippen molar-refractivity contribution in [2.24, 2.45) is 29.6 Å². The number of halogens is 1. The molecule has 0 bridgehead atoms. The van der Waals surface area contributed by atoms with Crippen LogP contribution in [0.3, 0.4) is 0 Å². The van der Waals surface area contributed by atoms with Gasteiger partial charge in [-0.2, -0.15) is 0 Å². The molecule has 4 amide bonds. The second kappa shape index (κ2) is 11.3. The Morgan fingerprint density at radius 1 is 0.771 bits per heavy atom. The van der Waals surface area contributed by atoms with E-state index in [1.165, 1.54) is 67.8 Å². The zero-order valence-corrected chi connectivity index (χ0v) is 26.0. The van der Waals surface area contributed by atoms with Crippen LogP contribution in [0.25, 0.3) is 0 Å². The van der Waals surface area contributed by atoms with Gasteiger partial charge in [0.1, 0.15) is 0 Å². The highest BCUT2D eigenvalue weighted by molar-refractivity contribution is 6.32. The van der Waals surface area contributed by atoms with Gasteiger partial charge >= 0.3 is 11.9 Å². The number of carboxylic acid groups (broad SMARTS) is 2. The molecule has 7 rings (SSSR count). The van der Waals surface area contributed by atoms with E-state index in [4.69, 9.17) is 16.3 Å². The number of imide groups is 2. The van der Waals surface area contributed by atoms with Crippen LogP contribution >= 0.6 is 11.6 Å². The minimum Gasteiger partial charge on any atom is -0.503 e. The molecule has 2 aliphatic carbocycles. The van der Waals surface area contributed by atoms with Gasteiger partial charge in [0.05, 0.1) is 58.3 Å². The van der Waals surface area contributed by atoms with Crippen LogP contribution in [0.5, 0.6) is 11.5 Å². The predicted molar refractivity (Wildman–Crippen MR) is 169 cm³/mol. The Labute approximate surface area is 277 Å². The molecule has 2 heterocycles. The van der Waals surface area contributed by atoms with E-state index in [-0.39, 0.29) is 51.9 Å². The van der Waals surface area contributed by atoms with Crippen LogP contribution in [-0.2, 0) is 19.2 Å². The van der Waals surface area contributed by atoms with Crippen LogP contribution in [0.2, 0.25) is 5.02 Å². The number of hydrogen-bond acceptors (Lipinski definition) is 8. The summed E-state index contributed by atoms with van der Waals surface area (Å²) in [6.45, 7) is 0. The second-order valence-corrected chi connectivity index (χ2v) is 12.7. The number of aromatic carboxylic acids is 2. The zero-order valence-electron chi connectivity index (χ0n) is 25.2. The van der Waals surface area contributed by atoms with E-state index in [0.29, 0.717) is 11.1 Å². The number of ether oxygens (including phenoxy) is 1. The topological polar surface area (TPSA) is 179 Å². The van der Waals surface area contributed by atoms with E-state index in [2.05, 4.69) is 0 Å². The Morgan fingerprint density at radius 3 is 1.90 bits per heavy atom. The summed E-state index contributed by atoms with van der Waals surface area (Å²) in [6.07, 6.45) is 2.03. The lowest BCUT2D eigenvalue weighted by Gasteiger charge is -2.44. The highest BCUT2D eigenvalue weighted by Crippen LogP contribution is 2.59. The third-order valence-corrected chi connectivity index (χ3v) is 10.3. The largest absolute Gasteiger partial charge is 0.503 e. The smallest absolute Gasteiger partial charge is 0.335 e. The van der Waals surface area contributed by atoms with Crippen molar-refractivity contribution in [2.75, 3.05) is 16.9 Å². The molecule has 48 heavy (non-hydrogen) atoms. The molecule has 13 heteroatoms. The fourth-order valence-corrected chi connectivity index (χ4v) is 8.18. The number of carboxylic acids is 2. The Kier molecular flexibility index (Phi) is 7.35. The van der Waals surface area contributed by atoms with Gasteiger partial charge in [0.15, 0.2) is 11.5 Å². The van der Waals surface area contributed by atoms with Crippen LogP contribution < -0.4 is 14.5 Å². The lowest BCUT2D eigenvalue weighted by Crippen LogP contribution is -2.43. The Hall–Kier alpha value is -5.49. The van der Waals surface area contributed by atoms with E-state index < -0.39 is 71.1 Å². The Balaban J connectivity index is 1.35. The minimum atomic E-state index is -1.23. The van der Waals surface area contributed by atoms with E-state index >= 15 is 0 Å². The first kappa shape index (κ1) is 31.1. The van der Waals surface area contributed by atoms with Crippen LogP contribution in [0.15, 0.2) is 72.3 Å². The number of carbonyl (C=O) groups excluding carboxylic acids is 4. The molecule has 244 valence electrons. The van der Waals surface area contributed by atoms with Crippen molar-refractivity contribution in [1.29, 1.82) is 0 Å². The lowest BCUT2D eigenvalue weighted by atomic mass is 9.57. The molecule has 3 aromatic rings. The average Bonchev–Trinajstić information content (AvgIpc) is 3.48. The van der Waals surface area contributed by atoms with Gasteiger partial charge in [-0.1, -0.05) is 35.4 Å². The summed E-state index contributed by atoms with van der Waals surface area (Å²) in [5.41, 5.74) is 1.11. The number of rotatable bonds is 6. The molecule has 0 radical (unpaired) electrons. The van der Waals surface area contributed by atoms with E-state index in [1.807, 2.05) is 6.08 Å². The number of allylic oxidation sites excluding steroid dienone is 2. The summed E-state index contributed by atoms with van der Waals surface area (Å²) in [4.78, 5) is 81.8. The van der Waals surface area contributed by atoms with Crippen molar-refractivity contribution in [2.45, 2.75) is 18.8 Å². The molecule has 3 aromatic carbocycles. The van der Waals surface area contributed by atoms with Crippen molar-refractivity contribution >= 4 is 58.5 Å². The van der Waals surface area contributed by atoms with Gasteiger partial charge in [0, 0.05) is 5.92 Å². The van der Waals surface area contributed by atoms with E-state index in [1.54, 1.807) is 0 Å². The van der Waals surface area contributed by atoms with E-state index in [0.717, 1.165) is 9.80 Å². The number of methoxy groups -OCH3 is 1. The molecule has 3 fully saturated rings. The Morgan fingerprint density at radius 2 is 1.33 bits per heavy atom. The van der Waals surface area contributed by atoms with Gasteiger partial charge in [-0.15, -0.1) is 0 Å². The van der Waals surface area contributed by atoms with Gasteiger partial charge in [0.25, 0.3) is 0 Å². The first-order valence-electron chi connectivity index (χ1n) is 15.1. The van der Waals surface area contributed by atoms with Crippen LogP contribution in [0.4, 0.5) is 11.4 Å². The molecule has 4 aliphatic rings. The summed E-state index contributed by atoms with van der Waals surface area (Å²) < 4.78 is 5.35. The second-order valence-electron chi connectivity index (χ2n) is 12.3. The van der Waals surface area contributed by atoms with Crippen LogP contribution in [0, 0.1) is 29.6 Å². The SMILES string of the molecule is COc1cc([C@H]2C3=CC[C@@H]4C(=O)N(c5cccc(C(=O)O)c5)C(=O)[C@@H]4[C@@H]3C[C@H]3C(=O)N(c4cccc(C(=O)O)c4)C(=O)[C@@H]23)cc(Cl)c1O. The van der Waals surface area contributed by atoms with Gasteiger partial charge in [-0.05, 0) is 72.9 Å². The molecular formula is C35H27ClN2O10. The first-order chi connectivity index (χ1) is 22.9. The third-order valence-electron chi connectivity index (χ3n) is 9.98.